The van der Waals surface area contributed by atoms with Crippen molar-refractivity contribution in [1.82, 2.24) is 0 Å². The average molecular weight is 276 g/mol. The number of rotatable bonds is 4. The van der Waals surface area contributed by atoms with Gasteiger partial charge in [-0.2, -0.15) is 0 Å². The zero-order valence-corrected chi connectivity index (χ0v) is 10.2. The highest BCUT2D eigenvalue weighted by atomic mass is 79.9. The maximum absolute atomic E-state index is 9.61. The van der Waals surface area contributed by atoms with E-state index in [1.807, 2.05) is 0 Å². The average Bonchev–Trinajstić information content (AvgIpc) is 2.28. The first-order chi connectivity index (χ1) is 7.13. The molecule has 1 aromatic carbocycles. The fraction of sp³-hybridized carbons (Fsp3) is 0.400. The van der Waals surface area contributed by atoms with Crippen LogP contribution in [0.3, 0.4) is 0 Å². The smallest absolute Gasteiger partial charge is 0.137 e. The molecule has 1 aromatic rings. The van der Waals surface area contributed by atoms with Crippen molar-refractivity contribution in [2.75, 3.05) is 20.8 Å². The largest absolute Gasteiger partial charge is 0.495 e. The molecule has 0 aliphatic rings. The molecule has 0 amide bonds. The van der Waals surface area contributed by atoms with Crippen molar-refractivity contribution in [2.24, 2.45) is 5.73 Å². The number of methoxy groups -OCH3 is 2. The number of aliphatic hydroxyl groups excluding tert-OH is 1. The van der Waals surface area contributed by atoms with Crippen molar-refractivity contribution in [3.63, 3.8) is 0 Å². The van der Waals surface area contributed by atoms with Gasteiger partial charge in [0, 0.05) is 6.54 Å². The molecule has 0 aromatic heterocycles. The molecule has 0 radical (unpaired) electrons. The van der Waals surface area contributed by atoms with Crippen LogP contribution >= 0.6 is 15.9 Å². The van der Waals surface area contributed by atoms with Crippen molar-refractivity contribution < 1.29 is 14.6 Å². The molecular weight excluding hydrogens is 262 g/mol. The minimum atomic E-state index is -0.708. The molecule has 0 fully saturated rings. The van der Waals surface area contributed by atoms with Crippen molar-refractivity contribution in [3.05, 3.63) is 22.2 Å². The van der Waals surface area contributed by atoms with Gasteiger partial charge in [-0.1, -0.05) is 0 Å². The molecule has 84 valence electrons. The van der Waals surface area contributed by atoms with Crippen molar-refractivity contribution in [2.45, 2.75) is 6.10 Å². The highest BCUT2D eigenvalue weighted by Crippen LogP contribution is 2.37. The predicted octanol–water partition coefficient (Wildman–Crippen LogP) is 1.46. The summed E-state index contributed by atoms with van der Waals surface area (Å²) in [6.07, 6.45) is -0.708. The molecule has 0 heterocycles. The minimum absolute atomic E-state index is 0.161. The van der Waals surface area contributed by atoms with Gasteiger partial charge >= 0.3 is 0 Å². The molecule has 1 atom stereocenters. The van der Waals surface area contributed by atoms with E-state index in [0.717, 1.165) is 4.47 Å². The summed E-state index contributed by atoms with van der Waals surface area (Å²) in [4.78, 5) is 0. The van der Waals surface area contributed by atoms with Crippen molar-refractivity contribution >= 4 is 15.9 Å². The van der Waals surface area contributed by atoms with Crippen LogP contribution in [0.1, 0.15) is 11.7 Å². The summed E-state index contributed by atoms with van der Waals surface area (Å²) in [6, 6.07) is 3.45. The third-order valence-electron chi connectivity index (χ3n) is 2.08. The van der Waals surface area contributed by atoms with Gasteiger partial charge in [-0.05, 0) is 33.6 Å². The summed E-state index contributed by atoms with van der Waals surface area (Å²) in [6.45, 7) is 0.161. The Hall–Kier alpha value is -0.780. The van der Waals surface area contributed by atoms with E-state index in [1.165, 1.54) is 0 Å². The number of halogens is 1. The van der Waals surface area contributed by atoms with Crippen LogP contribution in [-0.4, -0.2) is 25.9 Å². The lowest BCUT2D eigenvalue weighted by Crippen LogP contribution is -2.11. The van der Waals surface area contributed by atoms with Crippen molar-refractivity contribution in [3.8, 4) is 11.5 Å². The lowest BCUT2D eigenvalue weighted by atomic mass is 10.1. The fourth-order valence-corrected chi connectivity index (χ4v) is 1.77. The van der Waals surface area contributed by atoms with E-state index in [-0.39, 0.29) is 6.54 Å². The predicted molar refractivity (Wildman–Crippen MR) is 61.3 cm³/mol. The number of nitrogens with two attached hydrogens (primary N) is 1. The van der Waals surface area contributed by atoms with E-state index in [0.29, 0.717) is 17.1 Å². The molecule has 5 heteroatoms. The quantitative estimate of drug-likeness (QED) is 0.873. The zero-order valence-electron chi connectivity index (χ0n) is 8.66. The first-order valence-electron chi connectivity index (χ1n) is 4.43. The monoisotopic (exact) mass is 275 g/mol. The second-order valence-electron chi connectivity index (χ2n) is 2.99. The van der Waals surface area contributed by atoms with Crippen LogP contribution in [0.2, 0.25) is 0 Å². The van der Waals surface area contributed by atoms with E-state index in [2.05, 4.69) is 15.9 Å². The van der Waals surface area contributed by atoms with Gasteiger partial charge < -0.3 is 20.3 Å². The molecule has 4 nitrogen and oxygen atoms in total. The third kappa shape index (κ3) is 2.62. The summed E-state index contributed by atoms with van der Waals surface area (Å²) in [5.74, 6) is 1.22. The highest BCUT2D eigenvalue weighted by molar-refractivity contribution is 9.10. The molecule has 0 saturated carbocycles. The van der Waals surface area contributed by atoms with Crippen LogP contribution in [-0.2, 0) is 0 Å². The number of ether oxygens (including phenoxy) is 2. The van der Waals surface area contributed by atoms with Gasteiger partial charge in [-0.15, -0.1) is 0 Å². The molecule has 0 aliphatic carbocycles. The zero-order chi connectivity index (χ0) is 11.4. The molecule has 0 saturated heterocycles. The Labute approximate surface area is 97.1 Å². The van der Waals surface area contributed by atoms with Gasteiger partial charge in [0.1, 0.15) is 16.0 Å². The first kappa shape index (κ1) is 12.3. The Bertz CT molecular complexity index is 318. The molecule has 1 rings (SSSR count). The number of benzene rings is 1. The summed E-state index contributed by atoms with van der Waals surface area (Å²) in [5.41, 5.74) is 6.06. The molecule has 0 aliphatic heterocycles. The van der Waals surface area contributed by atoms with E-state index < -0.39 is 6.10 Å². The van der Waals surface area contributed by atoms with Crippen LogP contribution in [0, 0.1) is 0 Å². The number of hydrogen-bond acceptors (Lipinski definition) is 4. The Morgan fingerprint density at radius 1 is 1.33 bits per heavy atom. The van der Waals surface area contributed by atoms with Crippen LogP contribution in [0.15, 0.2) is 16.6 Å². The van der Waals surface area contributed by atoms with Gasteiger partial charge in [0.25, 0.3) is 0 Å². The van der Waals surface area contributed by atoms with Crippen LogP contribution in [0.25, 0.3) is 0 Å². The summed E-state index contributed by atoms with van der Waals surface area (Å²) in [5, 5.41) is 9.61. The van der Waals surface area contributed by atoms with Crippen LogP contribution < -0.4 is 15.2 Å². The van der Waals surface area contributed by atoms with E-state index >= 15 is 0 Å². The second kappa shape index (κ2) is 5.34. The van der Waals surface area contributed by atoms with E-state index in [4.69, 9.17) is 15.2 Å². The van der Waals surface area contributed by atoms with Gasteiger partial charge in [0.05, 0.1) is 20.3 Å². The first-order valence-corrected chi connectivity index (χ1v) is 5.22. The third-order valence-corrected chi connectivity index (χ3v) is 2.86. The molecule has 0 unspecified atom stereocenters. The second-order valence-corrected chi connectivity index (χ2v) is 3.78. The van der Waals surface area contributed by atoms with Gasteiger partial charge in [0.15, 0.2) is 0 Å². The Morgan fingerprint density at radius 2 is 1.80 bits per heavy atom. The summed E-state index contributed by atoms with van der Waals surface area (Å²) in [7, 11) is 3.11. The maximum Gasteiger partial charge on any atom is 0.137 e. The van der Waals surface area contributed by atoms with Gasteiger partial charge in [-0.3, -0.25) is 0 Å². The molecule has 0 bridgehead atoms. The van der Waals surface area contributed by atoms with Crippen molar-refractivity contribution in [1.29, 1.82) is 0 Å². The fourth-order valence-electron chi connectivity index (χ4n) is 1.22. The molecular formula is C10H14BrNO3. The Morgan fingerprint density at radius 3 is 2.13 bits per heavy atom. The minimum Gasteiger partial charge on any atom is -0.495 e. The SMILES string of the molecule is COc1cc([C@H](O)CN)cc(OC)c1Br. The topological polar surface area (TPSA) is 64.7 Å². The van der Waals surface area contributed by atoms with E-state index in [9.17, 15) is 5.11 Å². The highest BCUT2D eigenvalue weighted by Gasteiger charge is 2.13. The van der Waals surface area contributed by atoms with E-state index in [1.54, 1.807) is 26.4 Å². The number of aliphatic hydroxyl groups is 1. The summed E-state index contributed by atoms with van der Waals surface area (Å²) >= 11 is 3.34. The van der Waals surface area contributed by atoms with Crippen LogP contribution in [0.5, 0.6) is 11.5 Å². The maximum atomic E-state index is 9.61. The lowest BCUT2D eigenvalue weighted by molar-refractivity contribution is 0.186. The summed E-state index contributed by atoms with van der Waals surface area (Å²) < 4.78 is 11.0. The number of hydrogen-bond donors (Lipinski definition) is 2. The molecule has 0 spiro atoms. The Balaban J connectivity index is 3.20. The van der Waals surface area contributed by atoms with Gasteiger partial charge in [-0.25, -0.2) is 0 Å². The lowest BCUT2D eigenvalue weighted by Gasteiger charge is -2.14. The Kier molecular flexibility index (Phi) is 4.38. The van der Waals surface area contributed by atoms with Gasteiger partial charge in [0.2, 0.25) is 0 Å². The molecule has 3 N–H and O–H groups in total. The molecule has 15 heavy (non-hydrogen) atoms. The van der Waals surface area contributed by atoms with Crippen LogP contribution in [0.4, 0.5) is 0 Å². The standard InChI is InChI=1S/C10H14BrNO3/c1-14-8-3-6(7(13)5-12)4-9(15-2)10(8)11/h3-4,7,13H,5,12H2,1-2H3/t7-/m1/s1. The normalized spacial score (nSPS) is 12.3.